The molecule has 0 spiro atoms. The molecule has 0 aromatic rings. The summed E-state index contributed by atoms with van der Waals surface area (Å²) in [5.41, 5.74) is 0. The van der Waals surface area contributed by atoms with Gasteiger partial charge in [0.05, 0.1) is 0 Å². The van der Waals surface area contributed by atoms with E-state index in [0.717, 1.165) is 0 Å². The minimum absolute atomic E-state index is 0.292. The van der Waals surface area contributed by atoms with E-state index < -0.39 is 0 Å². The normalized spacial score (nSPS) is 21.0. The molecule has 0 aliphatic heterocycles. The molecule has 0 saturated heterocycles. The van der Waals surface area contributed by atoms with Crippen LogP contribution in [-0.2, 0) is 0 Å². The van der Waals surface area contributed by atoms with Gasteiger partial charge in [-0.3, -0.25) is 0 Å². The summed E-state index contributed by atoms with van der Waals surface area (Å²) in [6.45, 7) is 7.24. The summed E-state index contributed by atoms with van der Waals surface area (Å²) >= 11 is -0.292. The fourth-order valence-electron chi connectivity index (χ4n) is 2.04. The average molecular weight is 216 g/mol. The van der Waals surface area contributed by atoms with Crippen molar-refractivity contribution < 1.29 is 0 Å². The number of hydrogen-bond acceptors (Lipinski definition) is 1. The van der Waals surface area contributed by atoms with Gasteiger partial charge in [0.15, 0.2) is 0 Å². The standard InChI is InChI=1S/C9H21GeN/c1-3-11(4-2)10-9-7-5-6-8-9/h9H,3-8,10H2,1-2H3. The van der Waals surface area contributed by atoms with Crippen molar-refractivity contribution in [2.45, 2.75) is 44.3 Å². The Labute approximate surface area is 77.2 Å². The molecule has 0 aromatic carbocycles. The summed E-state index contributed by atoms with van der Waals surface area (Å²) in [5.74, 6) is 0. The average Bonchev–Trinajstić information content (AvgIpc) is 2.52. The second kappa shape index (κ2) is 5.20. The van der Waals surface area contributed by atoms with Crippen LogP contribution in [-0.4, -0.2) is 32.6 Å². The van der Waals surface area contributed by atoms with E-state index in [-0.39, 0.29) is 15.7 Å². The summed E-state index contributed by atoms with van der Waals surface area (Å²) in [6.07, 6.45) is 6.18. The summed E-state index contributed by atoms with van der Waals surface area (Å²) in [7, 11) is 0. The molecule has 1 nitrogen and oxygen atoms in total. The predicted molar refractivity (Wildman–Crippen MR) is 53.7 cm³/mol. The van der Waals surface area contributed by atoms with Gasteiger partial charge in [-0.05, 0) is 0 Å². The van der Waals surface area contributed by atoms with Gasteiger partial charge in [0.2, 0.25) is 0 Å². The van der Waals surface area contributed by atoms with E-state index in [1.165, 1.54) is 30.7 Å². The molecule has 66 valence electrons. The molecule has 0 N–H and O–H groups in total. The Morgan fingerprint density at radius 2 is 1.73 bits per heavy atom. The van der Waals surface area contributed by atoms with Gasteiger partial charge in [-0.2, -0.15) is 0 Å². The monoisotopic (exact) mass is 217 g/mol. The molecule has 11 heavy (non-hydrogen) atoms. The summed E-state index contributed by atoms with van der Waals surface area (Å²) in [4.78, 5) is 0. The Kier molecular flexibility index (Phi) is 4.54. The van der Waals surface area contributed by atoms with Gasteiger partial charge in [0.25, 0.3) is 0 Å². The molecular formula is C9H21GeN. The molecule has 2 heteroatoms. The molecule has 0 amide bonds. The Morgan fingerprint density at radius 3 is 2.18 bits per heavy atom. The Bertz CT molecular complexity index is 95.7. The van der Waals surface area contributed by atoms with Crippen LogP contribution in [0.25, 0.3) is 0 Å². The maximum atomic E-state index is 2.74. The molecule has 1 saturated carbocycles. The summed E-state index contributed by atoms with van der Waals surface area (Å²) < 4.78 is 3.95. The van der Waals surface area contributed by atoms with Crippen LogP contribution in [0.1, 0.15) is 39.5 Å². The third kappa shape index (κ3) is 3.16. The third-order valence-corrected chi connectivity index (χ3v) is 8.64. The molecule has 0 aromatic heterocycles. The van der Waals surface area contributed by atoms with E-state index in [2.05, 4.69) is 17.7 Å². The van der Waals surface area contributed by atoms with Crippen LogP contribution in [0.15, 0.2) is 0 Å². The van der Waals surface area contributed by atoms with Crippen LogP contribution in [0.5, 0.6) is 0 Å². The van der Waals surface area contributed by atoms with Crippen LogP contribution in [0.4, 0.5) is 0 Å². The second-order valence-electron chi connectivity index (χ2n) is 3.64. The van der Waals surface area contributed by atoms with E-state index in [4.69, 9.17) is 0 Å². The SMILES string of the molecule is CC[N](CC)[GeH2][CH]1CCCC1. The number of rotatable bonds is 4. The van der Waals surface area contributed by atoms with Crippen molar-refractivity contribution in [1.29, 1.82) is 0 Å². The molecule has 1 rings (SSSR count). The minimum atomic E-state index is -0.292. The van der Waals surface area contributed by atoms with Gasteiger partial charge in [0, 0.05) is 0 Å². The van der Waals surface area contributed by atoms with Crippen molar-refractivity contribution in [3.63, 3.8) is 0 Å². The number of nitrogens with zero attached hydrogens (tertiary/aromatic N) is 1. The first-order valence-electron chi connectivity index (χ1n) is 5.09. The summed E-state index contributed by atoms with van der Waals surface area (Å²) in [5, 5.41) is 0. The fourth-order valence-corrected chi connectivity index (χ4v) is 6.63. The van der Waals surface area contributed by atoms with Crippen molar-refractivity contribution in [2.75, 3.05) is 13.1 Å². The van der Waals surface area contributed by atoms with Gasteiger partial charge >= 0.3 is 76.9 Å². The van der Waals surface area contributed by atoms with Crippen molar-refractivity contribution in [3.05, 3.63) is 0 Å². The predicted octanol–water partition coefficient (Wildman–Crippen LogP) is 1.77. The molecule has 0 heterocycles. The quantitative estimate of drug-likeness (QED) is 0.647. The first kappa shape index (κ1) is 9.59. The van der Waals surface area contributed by atoms with Gasteiger partial charge in [0.1, 0.15) is 0 Å². The first-order chi connectivity index (χ1) is 5.36. The van der Waals surface area contributed by atoms with E-state index >= 15 is 0 Å². The Morgan fingerprint density at radius 1 is 1.18 bits per heavy atom. The Balaban J connectivity index is 2.16. The van der Waals surface area contributed by atoms with E-state index in [1.807, 2.05) is 0 Å². The molecular weight excluding hydrogens is 195 g/mol. The molecule has 1 fully saturated rings. The van der Waals surface area contributed by atoms with Crippen LogP contribution >= 0.6 is 0 Å². The van der Waals surface area contributed by atoms with Crippen LogP contribution in [0, 0.1) is 0 Å². The van der Waals surface area contributed by atoms with E-state index in [0.29, 0.717) is 0 Å². The molecule has 1 aliphatic rings. The maximum absolute atomic E-state index is 2.74. The zero-order valence-corrected chi connectivity index (χ0v) is 10.9. The van der Waals surface area contributed by atoms with Crippen LogP contribution in [0.2, 0.25) is 4.75 Å². The van der Waals surface area contributed by atoms with Crippen molar-refractivity contribution in [3.8, 4) is 0 Å². The fraction of sp³-hybridized carbons (Fsp3) is 1.00. The van der Waals surface area contributed by atoms with Gasteiger partial charge in [-0.1, -0.05) is 0 Å². The van der Waals surface area contributed by atoms with Crippen LogP contribution < -0.4 is 0 Å². The van der Waals surface area contributed by atoms with Gasteiger partial charge < -0.3 is 0 Å². The van der Waals surface area contributed by atoms with Crippen molar-refractivity contribution in [1.82, 2.24) is 3.86 Å². The molecule has 0 radical (unpaired) electrons. The van der Waals surface area contributed by atoms with Gasteiger partial charge in [-0.25, -0.2) is 0 Å². The Hall–Kier alpha value is 0.503. The zero-order valence-electron chi connectivity index (χ0n) is 7.97. The second-order valence-corrected chi connectivity index (χ2v) is 8.70. The van der Waals surface area contributed by atoms with Crippen LogP contribution in [0.3, 0.4) is 0 Å². The van der Waals surface area contributed by atoms with Crippen molar-refractivity contribution in [2.24, 2.45) is 0 Å². The zero-order chi connectivity index (χ0) is 8.10. The van der Waals surface area contributed by atoms with Gasteiger partial charge in [-0.15, -0.1) is 0 Å². The summed E-state index contributed by atoms with van der Waals surface area (Å²) in [6, 6.07) is 0. The first-order valence-corrected chi connectivity index (χ1v) is 8.13. The topological polar surface area (TPSA) is 3.24 Å². The van der Waals surface area contributed by atoms with E-state index in [1.54, 1.807) is 12.8 Å². The molecule has 0 bridgehead atoms. The molecule has 0 unspecified atom stereocenters. The molecule has 0 atom stereocenters. The molecule has 1 aliphatic carbocycles. The number of hydrogen-bond donors (Lipinski definition) is 0. The third-order valence-electron chi connectivity index (χ3n) is 2.89. The van der Waals surface area contributed by atoms with Crippen molar-refractivity contribution >= 4 is 15.7 Å². The van der Waals surface area contributed by atoms with E-state index in [9.17, 15) is 0 Å².